The summed E-state index contributed by atoms with van der Waals surface area (Å²) in [6.07, 6.45) is -5.38. The standard InChI is InChI=1S/C23H22F5N3O4S/c1-4-18-19(14-7-10-16(34-2)17(11-14)35-3)30-31(21(33)36-18)12-13-5-8-15(9-6-13)29-20(32)22(24,25)23(26,27)28/h5-11,18H,4,12H2,1-3H3,(H,29,32). The van der Waals surface area contributed by atoms with Gasteiger partial charge in [-0.05, 0) is 42.3 Å². The Hall–Kier alpha value is -3.35. The highest BCUT2D eigenvalue weighted by molar-refractivity contribution is 8.14. The molecule has 1 unspecified atom stereocenters. The van der Waals surface area contributed by atoms with Gasteiger partial charge in [-0.15, -0.1) is 0 Å². The molecule has 13 heteroatoms. The number of anilines is 1. The highest BCUT2D eigenvalue weighted by Gasteiger charge is 2.63. The molecular formula is C23H22F5N3O4S. The fourth-order valence-corrected chi connectivity index (χ4v) is 4.23. The molecule has 1 atom stereocenters. The third-order valence-corrected chi connectivity index (χ3v) is 6.48. The zero-order valence-electron chi connectivity index (χ0n) is 19.4. The lowest BCUT2D eigenvalue weighted by atomic mass is 10.0. The van der Waals surface area contributed by atoms with Gasteiger partial charge in [-0.2, -0.15) is 27.1 Å². The summed E-state index contributed by atoms with van der Waals surface area (Å²) >= 11 is 1.09. The number of carbonyl (C=O) groups is 2. The number of amides is 2. The van der Waals surface area contributed by atoms with Crippen molar-refractivity contribution in [2.24, 2.45) is 5.10 Å². The van der Waals surface area contributed by atoms with Crippen molar-refractivity contribution in [1.82, 2.24) is 5.01 Å². The van der Waals surface area contributed by atoms with E-state index in [2.05, 4.69) is 5.10 Å². The van der Waals surface area contributed by atoms with Crippen LogP contribution in [0.25, 0.3) is 0 Å². The van der Waals surface area contributed by atoms with E-state index in [1.807, 2.05) is 6.92 Å². The van der Waals surface area contributed by atoms with Crippen LogP contribution in [-0.2, 0) is 11.3 Å². The Bertz CT molecular complexity index is 1160. The number of benzene rings is 2. The average Bonchev–Trinajstić information content (AvgIpc) is 2.84. The van der Waals surface area contributed by atoms with Crippen molar-refractivity contribution in [2.75, 3.05) is 19.5 Å². The Kier molecular flexibility index (Phi) is 8.12. The van der Waals surface area contributed by atoms with Crippen LogP contribution in [0.3, 0.4) is 0 Å². The molecule has 2 aromatic rings. The summed E-state index contributed by atoms with van der Waals surface area (Å²) < 4.78 is 74.0. The highest BCUT2D eigenvalue weighted by Crippen LogP contribution is 2.37. The zero-order chi connectivity index (χ0) is 26.7. The second kappa shape index (κ2) is 10.7. The second-order valence-electron chi connectivity index (χ2n) is 7.62. The van der Waals surface area contributed by atoms with Crippen LogP contribution in [0.5, 0.6) is 11.5 Å². The molecule has 0 spiro atoms. The first kappa shape index (κ1) is 27.2. The summed E-state index contributed by atoms with van der Waals surface area (Å²) in [6, 6.07) is 10.4. The van der Waals surface area contributed by atoms with Crippen LogP contribution in [0.2, 0.25) is 0 Å². The number of hydrogen-bond donors (Lipinski definition) is 1. The van der Waals surface area contributed by atoms with Crippen molar-refractivity contribution in [3.05, 3.63) is 53.6 Å². The third kappa shape index (κ3) is 5.72. The summed E-state index contributed by atoms with van der Waals surface area (Å²) in [5.41, 5.74) is 1.62. The first-order valence-corrected chi connectivity index (χ1v) is 11.4. The van der Waals surface area contributed by atoms with Crippen molar-refractivity contribution < 1.29 is 41.0 Å². The Labute approximate surface area is 207 Å². The van der Waals surface area contributed by atoms with Gasteiger partial charge in [0.2, 0.25) is 0 Å². The summed E-state index contributed by atoms with van der Waals surface area (Å²) in [6.45, 7) is 1.93. The molecule has 3 rings (SSSR count). The Morgan fingerprint density at radius 3 is 2.25 bits per heavy atom. The summed E-state index contributed by atoms with van der Waals surface area (Å²) in [4.78, 5) is 24.0. The molecule has 1 N–H and O–H groups in total. The maximum Gasteiger partial charge on any atom is 0.463 e. The molecule has 194 valence electrons. The molecule has 36 heavy (non-hydrogen) atoms. The fraction of sp³-hybridized carbons (Fsp3) is 0.348. The molecule has 2 aromatic carbocycles. The van der Waals surface area contributed by atoms with Crippen molar-refractivity contribution in [2.45, 2.75) is 37.2 Å². The number of hydrazone groups is 1. The van der Waals surface area contributed by atoms with Crippen molar-refractivity contribution in [3.63, 3.8) is 0 Å². The predicted octanol–water partition coefficient (Wildman–Crippen LogP) is 5.69. The van der Waals surface area contributed by atoms with Gasteiger partial charge >= 0.3 is 23.2 Å². The van der Waals surface area contributed by atoms with Crippen LogP contribution in [0.15, 0.2) is 47.6 Å². The first-order chi connectivity index (χ1) is 16.9. The second-order valence-corrected chi connectivity index (χ2v) is 8.77. The van der Waals surface area contributed by atoms with Gasteiger partial charge in [0.25, 0.3) is 0 Å². The summed E-state index contributed by atoms with van der Waals surface area (Å²) in [5, 5.41) is 6.79. The maximum absolute atomic E-state index is 13.2. The topological polar surface area (TPSA) is 80.2 Å². The summed E-state index contributed by atoms with van der Waals surface area (Å²) in [5.74, 6) is -6.99. The van der Waals surface area contributed by atoms with E-state index in [1.165, 1.54) is 31.4 Å². The first-order valence-electron chi connectivity index (χ1n) is 10.5. The average molecular weight is 532 g/mol. The molecule has 0 fully saturated rings. The van der Waals surface area contributed by atoms with Crippen LogP contribution in [-0.4, -0.2) is 53.4 Å². The molecule has 0 aliphatic carbocycles. The Balaban J connectivity index is 1.80. The van der Waals surface area contributed by atoms with E-state index in [9.17, 15) is 31.5 Å². The number of methoxy groups -OCH3 is 2. The van der Waals surface area contributed by atoms with Gasteiger partial charge in [0.1, 0.15) is 0 Å². The van der Waals surface area contributed by atoms with E-state index in [-0.39, 0.29) is 22.7 Å². The van der Waals surface area contributed by atoms with Crippen molar-refractivity contribution >= 4 is 34.3 Å². The molecule has 2 amide bonds. The third-order valence-electron chi connectivity index (χ3n) is 5.22. The van der Waals surface area contributed by atoms with Gasteiger partial charge in [0.15, 0.2) is 11.5 Å². The molecule has 7 nitrogen and oxygen atoms in total. The number of rotatable bonds is 8. The molecule has 0 radical (unpaired) electrons. The lowest BCUT2D eigenvalue weighted by Gasteiger charge is -2.28. The largest absolute Gasteiger partial charge is 0.493 e. The SMILES string of the molecule is CCC1SC(=O)N(Cc2ccc(NC(=O)C(F)(F)C(F)(F)F)cc2)N=C1c1ccc(OC)c(OC)c1. The number of alkyl halides is 5. The lowest BCUT2D eigenvalue weighted by molar-refractivity contribution is -0.267. The van der Waals surface area contributed by atoms with Crippen molar-refractivity contribution in [1.29, 1.82) is 0 Å². The number of hydrogen-bond acceptors (Lipinski definition) is 6. The minimum Gasteiger partial charge on any atom is -0.493 e. The highest BCUT2D eigenvalue weighted by atomic mass is 32.2. The van der Waals surface area contributed by atoms with Gasteiger partial charge in [-0.1, -0.05) is 30.8 Å². The van der Waals surface area contributed by atoms with Gasteiger partial charge in [-0.3, -0.25) is 9.59 Å². The number of halogens is 5. The van der Waals surface area contributed by atoms with E-state index in [1.54, 1.807) is 23.5 Å². The summed E-state index contributed by atoms with van der Waals surface area (Å²) in [7, 11) is 3.02. The number of ether oxygens (including phenoxy) is 2. The molecule has 0 aromatic heterocycles. The molecule has 0 saturated carbocycles. The molecule has 0 bridgehead atoms. The fourth-order valence-electron chi connectivity index (χ4n) is 3.29. The predicted molar refractivity (Wildman–Crippen MR) is 125 cm³/mol. The minimum absolute atomic E-state index is 0.00595. The van der Waals surface area contributed by atoms with Gasteiger partial charge in [0.05, 0.1) is 31.7 Å². The van der Waals surface area contributed by atoms with Gasteiger partial charge < -0.3 is 14.8 Å². The number of nitrogens with one attached hydrogen (secondary N) is 1. The van der Waals surface area contributed by atoms with E-state index in [0.717, 1.165) is 29.5 Å². The van der Waals surface area contributed by atoms with Crippen LogP contribution in [0.4, 0.5) is 32.4 Å². The molecule has 1 aliphatic rings. The molecule has 0 saturated heterocycles. The maximum atomic E-state index is 13.2. The quantitative estimate of drug-likeness (QED) is 0.443. The molecule has 1 aliphatic heterocycles. The van der Waals surface area contributed by atoms with E-state index in [4.69, 9.17) is 9.47 Å². The zero-order valence-corrected chi connectivity index (χ0v) is 20.2. The van der Waals surface area contributed by atoms with Gasteiger partial charge in [0, 0.05) is 11.3 Å². The van der Waals surface area contributed by atoms with Crippen LogP contribution in [0, 0.1) is 0 Å². The number of thioether (sulfide) groups is 1. The molecular weight excluding hydrogens is 509 g/mol. The Morgan fingerprint density at radius 2 is 1.69 bits per heavy atom. The van der Waals surface area contributed by atoms with E-state index in [0.29, 0.717) is 29.2 Å². The lowest BCUT2D eigenvalue weighted by Crippen LogP contribution is -2.47. The number of nitrogens with zero attached hydrogens (tertiary/aromatic N) is 2. The van der Waals surface area contributed by atoms with Crippen LogP contribution in [0.1, 0.15) is 24.5 Å². The van der Waals surface area contributed by atoms with E-state index < -0.39 is 18.0 Å². The smallest absolute Gasteiger partial charge is 0.463 e. The van der Waals surface area contributed by atoms with Crippen molar-refractivity contribution in [3.8, 4) is 11.5 Å². The monoisotopic (exact) mass is 531 g/mol. The number of carbonyl (C=O) groups excluding carboxylic acids is 2. The van der Waals surface area contributed by atoms with E-state index >= 15 is 0 Å². The molecule has 1 heterocycles. The Morgan fingerprint density at radius 1 is 1.06 bits per heavy atom. The minimum atomic E-state index is -6.01. The normalized spacial score (nSPS) is 16.4. The van der Waals surface area contributed by atoms with Crippen LogP contribution < -0.4 is 14.8 Å². The van der Waals surface area contributed by atoms with Crippen LogP contribution >= 0.6 is 11.8 Å². The van der Waals surface area contributed by atoms with Gasteiger partial charge in [-0.25, -0.2) is 5.01 Å².